The second kappa shape index (κ2) is 5.44. The molecule has 0 aliphatic carbocycles. The molecule has 1 atom stereocenters. The Bertz CT molecular complexity index is 658. The topological polar surface area (TPSA) is 79.5 Å². The zero-order valence-corrected chi connectivity index (χ0v) is 11.6. The van der Waals surface area contributed by atoms with Gasteiger partial charge in [-0.25, -0.2) is 0 Å². The molecule has 3 rings (SSSR count). The van der Waals surface area contributed by atoms with Crippen LogP contribution < -0.4 is 5.73 Å². The highest BCUT2D eigenvalue weighted by Crippen LogP contribution is 2.34. The van der Waals surface area contributed by atoms with Gasteiger partial charge in [0.15, 0.2) is 0 Å². The summed E-state index contributed by atoms with van der Waals surface area (Å²) in [5.41, 5.74) is 7.70. The summed E-state index contributed by atoms with van der Waals surface area (Å²) in [5.74, 6) is -0.0880. The molecular weight excluding hydrogens is 266 g/mol. The fourth-order valence-corrected chi connectivity index (χ4v) is 2.83. The third-order valence-electron chi connectivity index (χ3n) is 3.87. The predicted octanol–water partition coefficient (Wildman–Crippen LogP) is 2.35. The monoisotopic (exact) mass is 283 g/mol. The van der Waals surface area contributed by atoms with Crippen molar-refractivity contribution in [1.82, 2.24) is 9.88 Å². The Balaban J connectivity index is 1.92. The van der Waals surface area contributed by atoms with E-state index in [0.29, 0.717) is 17.8 Å². The number of phenolic OH excluding ortho intramolecular Hbond substituents is 1. The number of aromatic nitrogens is 1. The van der Waals surface area contributed by atoms with E-state index in [9.17, 15) is 9.90 Å². The van der Waals surface area contributed by atoms with Gasteiger partial charge in [-0.1, -0.05) is 0 Å². The van der Waals surface area contributed by atoms with Gasteiger partial charge in [-0.05, 0) is 48.7 Å². The van der Waals surface area contributed by atoms with Crippen LogP contribution in [-0.2, 0) is 0 Å². The lowest BCUT2D eigenvalue weighted by atomic mass is 10.0. The fourth-order valence-electron chi connectivity index (χ4n) is 2.83. The molecule has 5 heteroatoms. The van der Waals surface area contributed by atoms with Crippen LogP contribution in [0, 0.1) is 0 Å². The molecule has 5 nitrogen and oxygen atoms in total. The van der Waals surface area contributed by atoms with Gasteiger partial charge in [-0.2, -0.15) is 0 Å². The number of amides is 1. The number of benzene rings is 1. The Morgan fingerprint density at radius 3 is 2.81 bits per heavy atom. The van der Waals surface area contributed by atoms with E-state index in [-0.39, 0.29) is 17.7 Å². The van der Waals surface area contributed by atoms with Crippen molar-refractivity contribution in [2.75, 3.05) is 12.3 Å². The number of phenols is 1. The van der Waals surface area contributed by atoms with Crippen molar-refractivity contribution < 1.29 is 9.90 Å². The van der Waals surface area contributed by atoms with Gasteiger partial charge in [-0.15, -0.1) is 0 Å². The number of nitrogens with zero attached hydrogens (tertiary/aromatic N) is 2. The number of nitrogen functional groups attached to an aromatic ring is 1. The fraction of sp³-hybridized carbons (Fsp3) is 0.250. The molecule has 21 heavy (non-hydrogen) atoms. The highest BCUT2D eigenvalue weighted by atomic mass is 16.3. The summed E-state index contributed by atoms with van der Waals surface area (Å²) >= 11 is 0. The van der Waals surface area contributed by atoms with Crippen LogP contribution in [0.5, 0.6) is 5.75 Å². The van der Waals surface area contributed by atoms with Crippen molar-refractivity contribution >= 4 is 11.6 Å². The number of anilines is 1. The maximum Gasteiger partial charge on any atom is 0.256 e. The first-order valence-electron chi connectivity index (χ1n) is 6.96. The average Bonchev–Trinajstić information content (AvgIpc) is 2.99. The molecule has 0 spiro atoms. The van der Waals surface area contributed by atoms with Crippen LogP contribution in [0.3, 0.4) is 0 Å². The molecule has 1 saturated heterocycles. The minimum absolute atomic E-state index is 0.0437. The van der Waals surface area contributed by atoms with Crippen molar-refractivity contribution in [3.8, 4) is 5.75 Å². The van der Waals surface area contributed by atoms with E-state index in [1.54, 1.807) is 18.5 Å². The molecule has 1 aliphatic rings. The first-order valence-corrected chi connectivity index (χ1v) is 6.96. The number of carbonyl (C=O) groups excluding carboxylic acids is 1. The molecule has 2 heterocycles. The molecule has 0 saturated carbocycles. The van der Waals surface area contributed by atoms with Gasteiger partial charge < -0.3 is 15.7 Å². The molecule has 1 aliphatic heterocycles. The lowest BCUT2D eigenvalue weighted by Gasteiger charge is -2.25. The Morgan fingerprint density at radius 1 is 1.29 bits per heavy atom. The summed E-state index contributed by atoms with van der Waals surface area (Å²) in [4.78, 5) is 18.6. The van der Waals surface area contributed by atoms with E-state index >= 15 is 0 Å². The number of hydrogen-bond acceptors (Lipinski definition) is 4. The first kappa shape index (κ1) is 13.4. The van der Waals surface area contributed by atoms with Gasteiger partial charge in [-0.3, -0.25) is 9.78 Å². The highest BCUT2D eigenvalue weighted by Gasteiger charge is 2.31. The van der Waals surface area contributed by atoms with E-state index in [1.165, 1.54) is 12.1 Å². The molecule has 108 valence electrons. The Kier molecular flexibility index (Phi) is 3.48. The summed E-state index contributed by atoms with van der Waals surface area (Å²) < 4.78 is 0. The number of aromatic hydroxyl groups is 1. The van der Waals surface area contributed by atoms with Crippen LogP contribution in [0.1, 0.15) is 34.8 Å². The van der Waals surface area contributed by atoms with Crippen molar-refractivity contribution in [2.24, 2.45) is 0 Å². The van der Waals surface area contributed by atoms with Gasteiger partial charge in [0.25, 0.3) is 5.91 Å². The van der Waals surface area contributed by atoms with Crippen LogP contribution in [-0.4, -0.2) is 27.4 Å². The second-order valence-corrected chi connectivity index (χ2v) is 5.21. The third kappa shape index (κ3) is 2.54. The largest absolute Gasteiger partial charge is 0.508 e. The van der Waals surface area contributed by atoms with Gasteiger partial charge >= 0.3 is 0 Å². The van der Waals surface area contributed by atoms with E-state index < -0.39 is 0 Å². The summed E-state index contributed by atoms with van der Waals surface area (Å²) in [6, 6.07) is 8.38. The molecular formula is C16H17N3O2. The number of rotatable bonds is 2. The lowest BCUT2D eigenvalue weighted by Crippen LogP contribution is -2.31. The summed E-state index contributed by atoms with van der Waals surface area (Å²) in [6.45, 7) is 0.695. The minimum atomic E-state index is -0.136. The SMILES string of the molecule is Nc1ccc(O)cc1C(=O)N1CCCC1c1ccncc1. The summed E-state index contributed by atoms with van der Waals surface area (Å²) in [6.07, 6.45) is 5.35. The second-order valence-electron chi connectivity index (χ2n) is 5.21. The number of likely N-dealkylation sites (tertiary alicyclic amines) is 1. The van der Waals surface area contributed by atoms with Crippen molar-refractivity contribution in [1.29, 1.82) is 0 Å². The molecule has 1 aromatic heterocycles. The standard InChI is InChI=1S/C16H17N3O2/c17-14-4-3-12(20)10-13(14)16(21)19-9-1-2-15(19)11-5-7-18-8-6-11/h3-8,10,15,20H,1-2,9,17H2. The third-order valence-corrected chi connectivity index (χ3v) is 3.87. The summed E-state index contributed by atoms with van der Waals surface area (Å²) in [5, 5.41) is 9.58. The lowest BCUT2D eigenvalue weighted by molar-refractivity contribution is 0.0736. The summed E-state index contributed by atoms with van der Waals surface area (Å²) in [7, 11) is 0. The van der Waals surface area contributed by atoms with Gasteiger partial charge in [0.05, 0.1) is 11.6 Å². The Labute approximate surface area is 123 Å². The zero-order valence-electron chi connectivity index (χ0n) is 11.6. The number of carbonyl (C=O) groups is 1. The van der Waals surface area contributed by atoms with Crippen LogP contribution in [0.25, 0.3) is 0 Å². The van der Waals surface area contributed by atoms with E-state index in [2.05, 4.69) is 4.98 Å². The minimum Gasteiger partial charge on any atom is -0.508 e. The Morgan fingerprint density at radius 2 is 2.05 bits per heavy atom. The van der Waals surface area contributed by atoms with Gasteiger partial charge in [0, 0.05) is 24.6 Å². The molecule has 3 N–H and O–H groups in total. The van der Waals surface area contributed by atoms with Crippen molar-refractivity contribution in [3.63, 3.8) is 0 Å². The van der Waals surface area contributed by atoms with Crippen LogP contribution >= 0.6 is 0 Å². The predicted molar refractivity (Wildman–Crippen MR) is 79.8 cm³/mol. The van der Waals surface area contributed by atoms with E-state index in [4.69, 9.17) is 5.73 Å². The first-order chi connectivity index (χ1) is 10.2. The van der Waals surface area contributed by atoms with Gasteiger partial charge in [0.1, 0.15) is 5.75 Å². The molecule has 1 aromatic carbocycles. The van der Waals surface area contributed by atoms with E-state index in [1.807, 2.05) is 17.0 Å². The number of pyridine rings is 1. The van der Waals surface area contributed by atoms with Crippen LogP contribution in [0.15, 0.2) is 42.7 Å². The molecule has 0 bridgehead atoms. The van der Waals surface area contributed by atoms with E-state index in [0.717, 1.165) is 18.4 Å². The smallest absolute Gasteiger partial charge is 0.256 e. The Hall–Kier alpha value is -2.56. The maximum absolute atomic E-state index is 12.7. The normalized spacial score (nSPS) is 17.9. The molecule has 1 amide bonds. The molecule has 1 unspecified atom stereocenters. The molecule has 2 aromatic rings. The molecule has 0 radical (unpaired) electrons. The average molecular weight is 283 g/mol. The van der Waals surface area contributed by atoms with Crippen molar-refractivity contribution in [2.45, 2.75) is 18.9 Å². The quantitative estimate of drug-likeness (QED) is 0.655. The van der Waals surface area contributed by atoms with Crippen LogP contribution in [0.4, 0.5) is 5.69 Å². The number of hydrogen-bond donors (Lipinski definition) is 2. The van der Waals surface area contributed by atoms with Crippen LogP contribution in [0.2, 0.25) is 0 Å². The van der Waals surface area contributed by atoms with Crippen molar-refractivity contribution in [3.05, 3.63) is 53.9 Å². The van der Waals surface area contributed by atoms with Gasteiger partial charge in [0.2, 0.25) is 0 Å². The highest BCUT2D eigenvalue weighted by molar-refractivity contribution is 5.99. The number of nitrogens with two attached hydrogens (primary N) is 1. The zero-order chi connectivity index (χ0) is 14.8. The maximum atomic E-state index is 12.7. The molecule has 1 fully saturated rings.